The molecule has 4 aliphatic rings. The van der Waals surface area contributed by atoms with Gasteiger partial charge in [-0.25, -0.2) is 0 Å². The van der Waals surface area contributed by atoms with E-state index < -0.39 is 0 Å². The maximum atomic E-state index is 10.3. The van der Waals surface area contributed by atoms with Gasteiger partial charge in [-0.1, -0.05) is 46.0 Å². The van der Waals surface area contributed by atoms with Gasteiger partial charge in [0.25, 0.3) is 0 Å². The van der Waals surface area contributed by atoms with Crippen molar-refractivity contribution in [2.75, 3.05) is 5.75 Å². The molecule has 0 amide bonds. The van der Waals surface area contributed by atoms with Crippen molar-refractivity contribution >= 4 is 12.6 Å². The van der Waals surface area contributed by atoms with Crippen molar-refractivity contribution in [3.8, 4) is 0 Å². The average Bonchev–Trinajstić information content (AvgIpc) is 2.77. The van der Waals surface area contributed by atoms with Crippen LogP contribution >= 0.6 is 12.6 Å². The second-order valence-corrected chi connectivity index (χ2v) is 9.31. The number of aliphatic hydroxyl groups excluding tert-OH is 1. The maximum absolute atomic E-state index is 10.3. The lowest BCUT2D eigenvalue weighted by Gasteiger charge is -2.44. The Morgan fingerprint density at radius 3 is 2.41 bits per heavy atom. The zero-order chi connectivity index (χ0) is 15.8. The van der Waals surface area contributed by atoms with Crippen molar-refractivity contribution in [1.29, 1.82) is 0 Å². The summed E-state index contributed by atoms with van der Waals surface area (Å²) < 4.78 is 0. The molecule has 4 rings (SSSR count). The fourth-order valence-corrected chi connectivity index (χ4v) is 6.62. The lowest BCUT2D eigenvalue weighted by Crippen LogP contribution is -2.37. The Morgan fingerprint density at radius 2 is 1.86 bits per heavy atom. The molecule has 5 atom stereocenters. The summed E-state index contributed by atoms with van der Waals surface area (Å²) in [6, 6.07) is 0. The number of rotatable bonds is 11. The van der Waals surface area contributed by atoms with Crippen LogP contribution in [0, 0.1) is 22.2 Å². The van der Waals surface area contributed by atoms with Crippen LogP contribution < -0.4 is 0 Å². The van der Waals surface area contributed by atoms with Gasteiger partial charge >= 0.3 is 0 Å². The summed E-state index contributed by atoms with van der Waals surface area (Å²) in [4.78, 5) is 0. The highest BCUT2D eigenvalue weighted by molar-refractivity contribution is 7.80. The molecule has 1 nitrogen and oxygen atoms in total. The van der Waals surface area contributed by atoms with Gasteiger partial charge in [0.15, 0.2) is 0 Å². The van der Waals surface area contributed by atoms with E-state index in [1.807, 2.05) is 0 Å². The Labute approximate surface area is 143 Å². The Balaban J connectivity index is 1.64. The second-order valence-electron chi connectivity index (χ2n) is 8.86. The second kappa shape index (κ2) is 6.31. The Hall–Kier alpha value is 0.310. The summed E-state index contributed by atoms with van der Waals surface area (Å²) in [7, 11) is 0. The third kappa shape index (κ3) is 2.57. The smallest absolute Gasteiger partial charge is 0.0579 e. The SMILES string of the molecule is CCCCCCC(CC)(CCCS)C[C@@]12CC13CC(O)[C@H]2C3. The number of hydrogen-bond acceptors (Lipinski definition) is 2. The summed E-state index contributed by atoms with van der Waals surface area (Å²) in [6.45, 7) is 4.72. The minimum absolute atomic E-state index is 0.0354. The van der Waals surface area contributed by atoms with Crippen molar-refractivity contribution in [2.45, 2.75) is 97.0 Å². The molecule has 4 fully saturated rings. The van der Waals surface area contributed by atoms with E-state index in [1.54, 1.807) is 0 Å². The highest BCUT2D eigenvalue weighted by Gasteiger charge is 2.84. The van der Waals surface area contributed by atoms with Crippen molar-refractivity contribution in [2.24, 2.45) is 22.2 Å². The van der Waals surface area contributed by atoms with Crippen LogP contribution in [0.3, 0.4) is 0 Å². The van der Waals surface area contributed by atoms with Gasteiger partial charge < -0.3 is 5.11 Å². The van der Waals surface area contributed by atoms with Gasteiger partial charge in [0.05, 0.1) is 6.10 Å². The summed E-state index contributed by atoms with van der Waals surface area (Å²) >= 11 is 4.48. The summed E-state index contributed by atoms with van der Waals surface area (Å²) in [6.07, 6.45) is 16.3. The fourth-order valence-electron chi connectivity index (χ4n) is 6.46. The highest BCUT2D eigenvalue weighted by Crippen LogP contribution is 2.90. The normalized spacial score (nSPS) is 40.9. The van der Waals surface area contributed by atoms with Crippen LogP contribution in [-0.4, -0.2) is 17.0 Å². The Morgan fingerprint density at radius 1 is 1.09 bits per heavy atom. The molecule has 1 spiro atoms. The zero-order valence-corrected chi connectivity index (χ0v) is 15.6. The molecule has 1 N–H and O–H groups in total. The van der Waals surface area contributed by atoms with E-state index in [0.29, 0.717) is 22.2 Å². The monoisotopic (exact) mass is 324 g/mol. The van der Waals surface area contributed by atoms with E-state index in [0.717, 1.165) is 12.2 Å². The van der Waals surface area contributed by atoms with E-state index >= 15 is 0 Å². The largest absolute Gasteiger partial charge is 0.393 e. The van der Waals surface area contributed by atoms with Gasteiger partial charge in [-0.3, -0.25) is 0 Å². The van der Waals surface area contributed by atoms with E-state index in [9.17, 15) is 5.11 Å². The molecule has 4 aliphatic carbocycles. The van der Waals surface area contributed by atoms with Crippen LogP contribution in [0.1, 0.15) is 90.9 Å². The van der Waals surface area contributed by atoms with Crippen LogP contribution in [0.2, 0.25) is 0 Å². The molecule has 0 aromatic heterocycles. The first-order valence-corrected chi connectivity index (χ1v) is 10.5. The van der Waals surface area contributed by atoms with Crippen LogP contribution in [-0.2, 0) is 0 Å². The first-order chi connectivity index (χ1) is 10.6. The minimum atomic E-state index is 0.0354. The average molecular weight is 325 g/mol. The predicted molar refractivity (Wildman–Crippen MR) is 97.4 cm³/mol. The van der Waals surface area contributed by atoms with Crippen LogP contribution in [0.25, 0.3) is 0 Å². The van der Waals surface area contributed by atoms with E-state index in [1.165, 1.54) is 70.6 Å². The van der Waals surface area contributed by atoms with Gasteiger partial charge in [0, 0.05) is 0 Å². The molecule has 2 heteroatoms. The molecule has 2 bridgehead atoms. The summed E-state index contributed by atoms with van der Waals surface area (Å²) in [5.41, 5.74) is 1.71. The van der Waals surface area contributed by atoms with Crippen LogP contribution in [0.5, 0.6) is 0 Å². The molecule has 3 unspecified atom stereocenters. The van der Waals surface area contributed by atoms with Gasteiger partial charge in [-0.05, 0) is 72.9 Å². The van der Waals surface area contributed by atoms with E-state index in [4.69, 9.17) is 0 Å². The molecular formula is C20H36OS. The zero-order valence-electron chi connectivity index (χ0n) is 14.7. The van der Waals surface area contributed by atoms with Gasteiger partial charge in [-0.2, -0.15) is 12.6 Å². The van der Waals surface area contributed by atoms with Crippen molar-refractivity contribution in [3.63, 3.8) is 0 Å². The molecule has 0 aliphatic heterocycles. The quantitative estimate of drug-likeness (QED) is 0.373. The summed E-state index contributed by atoms with van der Waals surface area (Å²) in [5.74, 6) is 1.69. The van der Waals surface area contributed by atoms with Crippen molar-refractivity contribution in [3.05, 3.63) is 0 Å². The molecule has 0 saturated heterocycles. The standard InChI is InChI=1S/C20H36OS/c1-3-5-6-7-9-18(4-2,10-8-11-22)14-20-15-19(20)12-16(20)17(21)13-19/h16-17,21-22H,3-15H2,1-2H3/t16-,17?,18?,19?,20+/m1/s1. The Kier molecular flexibility index (Phi) is 4.92. The topological polar surface area (TPSA) is 20.2 Å². The number of fused-ring (bicyclic) bond motifs is 1. The molecule has 128 valence electrons. The van der Waals surface area contributed by atoms with Gasteiger partial charge in [0.2, 0.25) is 0 Å². The lowest BCUT2D eigenvalue weighted by atomic mass is 9.60. The molecule has 0 aromatic carbocycles. The van der Waals surface area contributed by atoms with E-state index in [-0.39, 0.29) is 6.10 Å². The third-order valence-electron chi connectivity index (χ3n) is 7.84. The number of aliphatic hydroxyl groups is 1. The Bertz CT molecular complexity index is 397. The van der Waals surface area contributed by atoms with Gasteiger partial charge in [0.1, 0.15) is 0 Å². The van der Waals surface area contributed by atoms with Gasteiger partial charge in [-0.15, -0.1) is 0 Å². The molecule has 0 radical (unpaired) electrons. The first kappa shape index (κ1) is 17.1. The maximum Gasteiger partial charge on any atom is 0.0579 e. The fraction of sp³-hybridized carbons (Fsp3) is 1.00. The molecule has 22 heavy (non-hydrogen) atoms. The number of hydrogen-bond donors (Lipinski definition) is 2. The van der Waals surface area contributed by atoms with Crippen molar-refractivity contribution < 1.29 is 5.11 Å². The molecule has 0 aromatic rings. The number of unbranched alkanes of at least 4 members (excludes halogenated alkanes) is 3. The summed E-state index contributed by atoms with van der Waals surface area (Å²) in [5, 5.41) is 10.3. The van der Waals surface area contributed by atoms with Crippen molar-refractivity contribution in [1.82, 2.24) is 0 Å². The number of thiol groups is 1. The van der Waals surface area contributed by atoms with Crippen LogP contribution in [0.4, 0.5) is 0 Å². The molecular weight excluding hydrogens is 288 g/mol. The minimum Gasteiger partial charge on any atom is -0.393 e. The third-order valence-corrected chi connectivity index (χ3v) is 8.15. The molecule has 0 heterocycles. The van der Waals surface area contributed by atoms with E-state index in [2.05, 4.69) is 26.5 Å². The predicted octanol–water partition coefficient (Wildman–Crippen LogP) is 5.61. The first-order valence-electron chi connectivity index (χ1n) is 9.86. The lowest BCUT2D eigenvalue weighted by molar-refractivity contribution is 0.0213. The highest BCUT2D eigenvalue weighted by atomic mass is 32.1. The van der Waals surface area contributed by atoms with Crippen LogP contribution in [0.15, 0.2) is 0 Å². The molecule has 4 saturated carbocycles.